The summed E-state index contributed by atoms with van der Waals surface area (Å²) in [4.78, 5) is 28.6. The maximum atomic E-state index is 13.6. The van der Waals surface area contributed by atoms with Crippen LogP contribution in [0.3, 0.4) is 0 Å². The summed E-state index contributed by atoms with van der Waals surface area (Å²) in [6.45, 7) is 0.636. The lowest BCUT2D eigenvalue weighted by Gasteiger charge is -2.31. The van der Waals surface area contributed by atoms with E-state index < -0.39 is 6.04 Å². The zero-order chi connectivity index (χ0) is 24.2. The average Bonchev–Trinajstić information content (AvgIpc) is 2.87. The maximum absolute atomic E-state index is 13.6. The number of hydrogen-bond donors (Lipinski definition) is 2. The lowest BCUT2D eigenvalue weighted by atomic mass is 10.0. The van der Waals surface area contributed by atoms with Crippen molar-refractivity contribution in [3.8, 4) is 5.75 Å². The SMILES string of the molecule is COc1ccc(CN(C(=O)Cc2ccccc2)C(Cc2ccccc2)C(=O)NCCCO)cc1. The van der Waals surface area contributed by atoms with Crippen LogP contribution >= 0.6 is 0 Å². The van der Waals surface area contributed by atoms with Crippen LogP contribution in [0.2, 0.25) is 0 Å². The fourth-order valence-electron chi connectivity index (χ4n) is 3.76. The third kappa shape index (κ3) is 7.46. The average molecular weight is 461 g/mol. The molecule has 3 rings (SSSR count). The van der Waals surface area contributed by atoms with Gasteiger partial charge in [-0.2, -0.15) is 0 Å². The summed E-state index contributed by atoms with van der Waals surface area (Å²) in [6, 6.07) is 26.1. The molecule has 0 saturated heterocycles. The van der Waals surface area contributed by atoms with E-state index in [2.05, 4.69) is 5.32 Å². The number of carbonyl (C=O) groups excluding carboxylic acids is 2. The fourth-order valence-corrected chi connectivity index (χ4v) is 3.76. The van der Waals surface area contributed by atoms with Crippen molar-refractivity contribution >= 4 is 11.8 Å². The number of nitrogens with zero attached hydrogens (tertiary/aromatic N) is 1. The molecule has 0 bridgehead atoms. The van der Waals surface area contributed by atoms with E-state index in [0.717, 1.165) is 22.4 Å². The molecule has 0 spiro atoms. The van der Waals surface area contributed by atoms with E-state index in [1.165, 1.54) is 0 Å². The molecule has 2 N–H and O–H groups in total. The summed E-state index contributed by atoms with van der Waals surface area (Å²) in [5.74, 6) is 0.376. The number of aliphatic hydroxyl groups is 1. The molecule has 0 heterocycles. The first-order valence-electron chi connectivity index (χ1n) is 11.5. The second-order valence-electron chi connectivity index (χ2n) is 8.11. The van der Waals surface area contributed by atoms with Crippen molar-refractivity contribution in [2.45, 2.75) is 31.8 Å². The molecule has 1 unspecified atom stereocenters. The van der Waals surface area contributed by atoms with Gasteiger partial charge >= 0.3 is 0 Å². The first-order valence-corrected chi connectivity index (χ1v) is 11.5. The summed E-state index contributed by atoms with van der Waals surface area (Å²) in [5.41, 5.74) is 2.77. The molecular formula is C28H32N2O4. The zero-order valence-electron chi connectivity index (χ0n) is 19.5. The van der Waals surface area contributed by atoms with Crippen LogP contribution in [0.5, 0.6) is 5.75 Å². The van der Waals surface area contributed by atoms with Gasteiger partial charge < -0.3 is 20.1 Å². The van der Waals surface area contributed by atoms with Crippen LogP contribution in [0.1, 0.15) is 23.1 Å². The van der Waals surface area contributed by atoms with Crippen LogP contribution in [-0.2, 0) is 29.0 Å². The van der Waals surface area contributed by atoms with Gasteiger partial charge in [-0.25, -0.2) is 0 Å². The van der Waals surface area contributed by atoms with Crippen LogP contribution in [0.25, 0.3) is 0 Å². The number of rotatable bonds is 12. The standard InChI is InChI=1S/C28H32N2O4/c1-34-25-15-13-24(14-16-25)21-30(27(32)20-23-11-6-3-7-12-23)26(28(33)29-17-8-18-31)19-22-9-4-2-5-10-22/h2-7,9-16,26,31H,8,17-21H2,1H3,(H,29,33). The number of ether oxygens (including phenoxy) is 1. The minimum Gasteiger partial charge on any atom is -0.497 e. The highest BCUT2D eigenvalue weighted by molar-refractivity contribution is 5.88. The quantitative estimate of drug-likeness (QED) is 0.406. The van der Waals surface area contributed by atoms with Gasteiger partial charge in [0.2, 0.25) is 11.8 Å². The Hall–Kier alpha value is -3.64. The Bertz CT molecular complexity index is 1020. The summed E-state index contributed by atoms with van der Waals surface area (Å²) in [7, 11) is 1.61. The Kier molecular flexibility index (Phi) is 9.67. The number of amides is 2. The van der Waals surface area contributed by atoms with Gasteiger partial charge in [-0.05, 0) is 35.2 Å². The van der Waals surface area contributed by atoms with Crippen LogP contribution in [0.15, 0.2) is 84.9 Å². The molecule has 0 aromatic heterocycles. The van der Waals surface area contributed by atoms with E-state index >= 15 is 0 Å². The molecule has 0 saturated carbocycles. The van der Waals surface area contributed by atoms with Gasteiger partial charge in [-0.3, -0.25) is 9.59 Å². The number of hydrogen-bond acceptors (Lipinski definition) is 4. The second-order valence-corrected chi connectivity index (χ2v) is 8.11. The molecule has 6 nitrogen and oxygen atoms in total. The molecule has 0 aliphatic rings. The molecule has 1 atom stereocenters. The Labute approximate surface area is 201 Å². The largest absolute Gasteiger partial charge is 0.497 e. The van der Waals surface area contributed by atoms with Gasteiger partial charge in [0.05, 0.1) is 13.5 Å². The molecule has 6 heteroatoms. The Morgan fingerprint density at radius 2 is 1.50 bits per heavy atom. The summed E-state index contributed by atoms with van der Waals surface area (Å²) >= 11 is 0. The number of carbonyl (C=O) groups is 2. The topological polar surface area (TPSA) is 78.9 Å². The third-order valence-electron chi connectivity index (χ3n) is 5.62. The van der Waals surface area contributed by atoms with Crippen molar-refractivity contribution in [2.24, 2.45) is 0 Å². The highest BCUT2D eigenvalue weighted by Crippen LogP contribution is 2.18. The van der Waals surface area contributed by atoms with Gasteiger partial charge in [0.25, 0.3) is 0 Å². The van der Waals surface area contributed by atoms with E-state index in [1.807, 2.05) is 84.9 Å². The first-order chi connectivity index (χ1) is 16.6. The maximum Gasteiger partial charge on any atom is 0.243 e. The third-order valence-corrected chi connectivity index (χ3v) is 5.62. The van der Waals surface area contributed by atoms with Gasteiger partial charge in [-0.15, -0.1) is 0 Å². The smallest absolute Gasteiger partial charge is 0.243 e. The van der Waals surface area contributed by atoms with Crippen molar-refractivity contribution in [2.75, 3.05) is 20.3 Å². The van der Waals surface area contributed by atoms with Crippen LogP contribution in [-0.4, -0.2) is 48.1 Å². The fraction of sp³-hybridized carbons (Fsp3) is 0.286. The minimum absolute atomic E-state index is 0.00781. The molecule has 34 heavy (non-hydrogen) atoms. The zero-order valence-corrected chi connectivity index (χ0v) is 19.5. The predicted octanol–water partition coefficient (Wildman–Crippen LogP) is 3.38. The van der Waals surface area contributed by atoms with Crippen molar-refractivity contribution in [1.82, 2.24) is 10.2 Å². The molecule has 3 aromatic rings. The van der Waals surface area contributed by atoms with Crippen molar-refractivity contribution < 1.29 is 19.4 Å². The highest BCUT2D eigenvalue weighted by atomic mass is 16.5. The Balaban J connectivity index is 1.92. The normalized spacial score (nSPS) is 11.5. The van der Waals surface area contributed by atoms with E-state index in [0.29, 0.717) is 25.9 Å². The molecule has 0 radical (unpaired) electrons. The first kappa shape index (κ1) is 25.0. The summed E-state index contributed by atoms with van der Waals surface area (Å²) in [5, 5.41) is 12.0. The van der Waals surface area contributed by atoms with Gasteiger partial charge in [0.1, 0.15) is 11.8 Å². The van der Waals surface area contributed by atoms with Gasteiger partial charge in [-0.1, -0.05) is 72.8 Å². The lowest BCUT2D eigenvalue weighted by Crippen LogP contribution is -2.51. The van der Waals surface area contributed by atoms with E-state index in [4.69, 9.17) is 9.84 Å². The van der Waals surface area contributed by atoms with E-state index in [1.54, 1.807) is 12.0 Å². The number of methoxy groups -OCH3 is 1. The Morgan fingerprint density at radius 1 is 0.882 bits per heavy atom. The second kappa shape index (κ2) is 13.2. The molecular weight excluding hydrogens is 428 g/mol. The molecule has 0 aliphatic heterocycles. The van der Waals surface area contributed by atoms with Crippen LogP contribution in [0.4, 0.5) is 0 Å². The van der Waals surface area contributed by atoms with Gasteiger partial charge in [0, 0.05) is 26.1 Å². The number of benzene rings is 3. The predicted molar refractivity (Wildman–Crippen MR) is 132 cm³/mol. The minimum atomic E-state index is -0.695. The molecule has 0 aliphatic carbocycles. The number of nitrogens with one attached hydrogen (secondary N) is 1. The van der Waals surface area contributed by atoms with Gasteiger partial charge in [0.15, 0.2) is 0 Å². The lowest BCUT2D eigenvalue weighted by molar-refractivity contribution is -0.140. The summed E-state index contributed by atoms with van der Waals surface area (Å²) in [6.07, 6.45) is 1.05. The van der Waals surface area contributed by atoms with Crippen molar-refractivity contribution in [3.63, 3.8) is 0 Å². The number of aliphatic hydroxyl groups excluding tert-OH is 1. The van der Waals surface area contributed by atoms with Crippen LogP contribution < -0.4 is 10.1 Å². The van der Waals surface area contributed by atoms with Crippen molar-refractivity contribution in [3.05, 3.63) is 102 Å². The molecule has 3 aromatic carbocycles. The molecule has 178 valence electrons. The van der Waals surface area contributed by atoms with E-state index in [-0.39, 0.29) is 24.8 Å². The van der Waals surface area contributed by atoms with Crippen LogP contribution in [0, 0.1) is 0 Å². The van der Waals surface area contributed by atoms with Crippen molar-refractivity contribution in [1.29, 1.82) is 0 Å². The molecule has 2 amide bonds. The Morgan fingerprint density at radius 3 is 2.09 bits per heavy atom. The summed E-state index contributed by atoms with van der Waals surface area (Å²) < 4.78 is 5.26. The molecule has 0 fully saturated rings. The monoisotopic (exact) mass is 460 g/mol. The van der Waals surface area contributed by atoms with E-state index in [9.17, 15) is 9.59 Å². The highest BCUT2D eigenvalue weighted by Gasteiger charge is 2.30.